The number of likely N-dealkylation sites (tertiary alicyclic amines) is 1. The lowest BCUT2D eigenvalue weighted by Gasteiger charge is -2.38. The highest BCUT2D eigenvalue weighted by molar-refractivity contribution is 8.02. The Balaban J connectivity index is 2.01. The molecule has 168 valence electrons. The minimum Gasteiger partial charge on any atom is -0.481 e. The van der Waals surface area contributed by atoms with Gasteiger partial charge in [0.25, 0.3) is 0 Å². The molecule has 3 saturated heterocycles. The van der Waals surface area contributed by atoms with E-state index in [2.05, 4.69) is 6.58 Å². The Morgan fingerprint density at radius 2 is 2.03 bits per heavy atom. The molecule has 2 N–H and O–H groups in total. The first-order valence-corrected chi connectivity index (χ1v) is 11.7. The maximum atomic E-state index is 13.8. The predicted molar refractivity (Wildman–Crippen MR) is 116 cm³/mol. The van der Waals surface area contributed by atoms with Crippen molar-refractivity contribution in [1.29, 1.82) is 0 Å². The Morgan fingerprint density at radius 1 is 1.33 bits per heavy atom. The Kier molecular flexibility index (Phi) is 6.58. The molecule has 3 heterocycles. The van der Waals surface area contributed by atoms with Crippen LogP contribution >= 0.6 is 11.8 Å². The number of fused-ring (bicyclic) bond motifs is 1. The Bertz CT molecular complexity index is 728. The molecule has 3 aliphatic heterocycles. The fraction of sp³-hybridized carbons (Fsp3) is 0.773. The van der Waals surface area contributed by atoms with Gasteiger partial charge in [-0.05, 0) is 52.9 Å². The number of aliphatic hydroxyl groups is 1. The van der Waals surface area contributed by atoms with E-state index in [-0.39, 0.29) is 24.5 Å². The molecule has 2 bridgehead atoms. The quantitative estimate of drug-likeness (QED) is 0.401. The van der Waals surface area contributed by atoms with Crippen LogP contribution in [0.25, 0.3) is 0 Å². The highest BCUT2D eigenvalue weighted by atomic mass is 32.2. The van der Waals surface area contributed by atoms with Crippen LogP contribution in [0.1, 0.15) is 52.9 Å². The molecule has 3 fully saturated rings. The van der Waals surface area contributed by atoms with Gasteiger partial charge < -0.3 is 20.0 Å². The van der Waals surface area contributed by atoms with Crippen LogP contribution in [-0.4, -0.2) is 79.1 Å². The normalized spacial score (nSPS) is 34.5. The number of amides is 2. The van der Waals surface area contributed by atoms with Crippen LogP contribution < -0.4 is 0 Å². The monoisotopic (exact) mass is 438 g/mol. The molecule has 2 unspecified atom stereocenters. The van der Waals surface area contributed by atoms with E-state index in [1.165, 1.54) is 0 Å². The average molecular weight is 439 g/mol. The second kappa shape index (κ2) is 8.54. The van der Waals surface area contributed by atoms with Gasteiger partial charge in [0.05, 0.1) is 16.6 Å². The van der Waals surface area contributed by atoms with Crippen LogP contribution in [-0.2, 0) is 14.4 Å². The number of nitrogens with zero attached hydrogens (tertiary/aromatic N) is 2. The zero-order valence-corrected chi connectivity index (χ0v) is 19.0. The molecule has 3 rings (SSSR count). The summed E-state index contributed by atoms with van der Waals surface area (Å²) in [6.07, 6.45) is 5.15. The van der Waals surface area contributed by atoms with Crippen LogP contribution in [0.2, 0.25) is 0 Å². The summed E-state index contributed by atoms with van der Waals surface area (Å²) in [7, 11) is 0. The number of carbonyl (C=O) groups excluding carboxylic acids is 2. The van der Waals surface area contributed by atoms with Crippen LogP contribution in [0.15, 0.2) is 12.7 Å². The number of carboxylic acids is 1. The van der Waals surface area contributed by atoms with Crippen LogP contribution in [0, 0.1) is 11.8 Å². The molecule has 0 aromatic carbocycles. The van der Waals surface area contributed by atoms with Gasteiger partial charge >= 0.3 is 5.97 Å². The molecule has 1 spiro atoms. The van der Waals surface area contributed by atoms with Crippen molar-refractivity contribution in [2.24, 2.45) is 11.8 Å². The van der Waals surface area contributed by atoms with Crippen molar-refractivity contribution in [2.45, 2.75) is 74.5 Å². The molecule has 0 saturated carbocycles. The highest BCUT2D eigenvalue weighted by Crippen LogP contribution is 2.71. The SMILES string of the molecule is C=CCN(C(=O)C1N(CCCCCO)C(=O)[C@@H]2[C@H](C(=O)O)[C@]3(C)CCC12S3)C(C)C. The topological polar surface area (TPSA) is 98.2 Å². The summed E-state index contributed by atoms with van der Waals surface area (Å²) in [6.45, 7) is 10.5. The lowest BCUT2D eigenvalue weighted by Crippen LogP contribution is -2.56. The Labute approximate surface area is 182 Å². The molecular formula is C22H34N2O5S. The van der Waals surface area contributed by atoms with E-state index in [9.17, 15) is 19.5 Å². The fourth-order valence-corrected chi connectivity index (χ4v) is 8.09. The van der Waals surface area contributed by atoms with Gasteiger partial charge in [-0.25, -0.2) is 0 Å². The maximum absolute atomic E-state index is 13.8. The summed E-state index contributed by atoms with van der Waals surface area (Å²) in [5.74, 6) is -2.67. The number of thioether (sulfide) groups is 1. The van der Waals surface area contributed by atoms with Gasteiger partial charge in [-0.15, -0.1) is 18.3 Å². The van der Waals surface area contributed by atoms with E-state index in [1.807, 2.05) is 20.8 Å². The van der Waals surface area contributed by atoms with Gasteiger partial charge in [-0.2, -0.15) is 0 Å². The zero-order chi connectivity index (χ0) is 22.3. The third kappa shape index (κ3) is 3.45. The fourth-order valence-electron chi connectivity index (χ4n) is 5.74. The molecule has 5 atom stereocenters. The molecule has 0 aliphatic carbocycles. The molecule has 8 heteroatoms. The number of carbonyl (C=O) groups is 3. The zero-order valence-electron chi connectivity index (χ0n) is 18.2. The Hall–Kier alpha value is -1.54. The first kappa shape index (κ1) is 23.1. The Morgan fingerprint density at radius 3 is 2.60 bits per heavy atom. The smallest absolute Gasteiger partial charge is 0.308 e. The maximum Gasteiger partial charge on any atom is 0.308 e. The third-order valence-corrected chi connectivity index (χ3v) is 9.05. The number of rotatable bonds is 10. The summed E-state index contributed by atoms with van der Waals surface area (Å²) in [5.41, 5.74) is 0. The molecule has 0 aromatic heterocycles. The third-order valence-electron chi connectivity index (χ3n) is 7.07. The van der Waals surface area contributed by atoms with E-state index in [0.29, 0.717) is 38.8 Å². The predicted octanol–water partition coefficient (Wildman–Crippen LogP) is 2.14. The molecule has 0 radical (unpaired) electrons. The van der Waals surface area contributed by atoms with Crippen molar-refractivity contribution < 1.29 is 24.6 Å². The molecule has 30 heavy (non-hydrogen) atoms. The molecule has 0 aromatic rings. The molecule has 3 aliphatic rings. The lowest BCUT2D eigenvalue weighted by molar-refractivity contribution is -0.150. The molecule has 2 amide bonds. The number of carboxylic acid groups (broad SMARTS) is 1. The number of aliphatic carboxylic acids is 1. The van der Waals surface area contributed by atoms with Crippen molar-refractivity contribution in [3.8, 4) is 0 Å². The van der Waals surface area contributed by atoms with Gasteiger partial charge in [0.15, 0.2) is 0 Å². The van der Waals surface area contributed by atoms with Crippen LogP contribution in [0.4, 0.5) is 0 Å². The van der Waals surface area contributed by atoms with E-state index >= 15 is 0 Å². The molecule has 7 nitrogen and oxygen atoms in total. The van der Waals surface area contributed by atoms with Gasteiger partial charge in [0, 0.05) is 30.5 Å². The van der Waals surface area contributed by atoms with Gasteiger partial charge in [0.1, 0.15) is 6.04 Å². The first-order chi connectivity index (χ1) is 14.1. The number of hydrogen-bond acceptors (Lipinski definition) is 5. The number of hydrogen-bond donors (Lipinski definition) is 2. The minimum absolute atomic E-state index is 0.0493. The van der Waals surface area contributed by atoms with Gasteiger partial charge in [-0.1, -0.05) is 6.08 Å². The molecular weight excluding hydrogens is 404 g/mol. The van der Waals surface area contributed by atoms with Gasteiger partial charge in [0.2, 0.25) is 11.8 Å². The summed E-state index contributed by atoms with van der Waals surface area (Å²) in [6, 6.07) is -0.700. The standard InChI is InChI=1S/C22H34N2O5S/c1-5-11-23(14(2)3)19(27)17-22-10-9-21(4,30-22)16(20(28)29)15(22)18(26)24(17)12-7-6-8-13-25/h5,14-17,25H,1,6-13H2,2-4H3,(H,28,29)/t15-,16+,17?,21-,22?/m0/s1. The largest absolute Gasteiger partial charge is 0.481 e. The van der Waals surface area contributed by atoms with E-state index in [0.717, 1.165) is 6.42 Å². The first-order valence-electron chi connectivity index (χ1n) is 10.9. The second-order valence-corrected chi connectivity index (χ2v) is 11.2. The van der Waals surface area contributed by atoms with Crippen molar-refractivity contribution in [2.75, 3.05) is 19.7 Å². The van der Waals surface area contributed by atoms with Crippen molar-refractivity contribution in [3.63, 3.8) is 0 Å². The minimum atomic E-state index is -0.940. The summed E-state index contributed by atoms with van der Waals surface area (Å²) < 4.78 is -1.20. The number of aliphatic hydroxyl groups excluding tert-OH is 1. The lowest BCUT2D eigenvalue weighted by atomic mass is 9.66. The van der Waals surface area contributed by atoms with Crippen molar-refractivity contribution >= 4 is 29.5 Å². The highest BCUT2D eigenvalue weighted by Gasteiger charge is 2.77. The average Bonchev–Trinajstić information content (AvgIpc) is 3.23. The summed E-state index contributed by atoms with van der Waals surface area (Å²) in [4.78, 5) is 43.0. The number of unbranched alkanes of at least 4 members (excludes halogenated alkanes) is 2. The summed E-state index contributed by atoms with van der Waals surface area (Å²) in [5, 5.41) is 19.0. The van der Waals surface area contributed by atoms with E-state index < -0.39 is 33.3 Å². The van der Waals surface area contributed by atoms with Crippen LogP contribution in [0.5, 0.6) is 0 Å². The summed E-state index contributed by atoms with van der Waals surface area (Å²) >= 11 is 1.57. The second-order valence-electron chi connectivity index (χ2n) is 9.25. The van der Waals surface area contributed by atoms with Crippen molar-refractivity contribution in [3.05, 3.63) is 12.7 Å². The van der Waals surface area contributed by atoms with E-state index in [4.69, 9.17) is 5.11 Å². The van der Waals surface area contributed by atoms with Gasteiger partial charge in [-0.3, -0.25) is 14.4 Å². The van der Waals surface area contributed by atoms with Crippen LogP contribution in [0.3, 0.4) is 0 Å². The van der Waals surface area contributed by atoms with E-state index in [1.54, 1.807) is 27.6 Å². The van der Waals surface area contributed by atoms with Crippen molar-refractivity contribution in [1.82, 2.24) is 9.80 Å².